The predicted molar refractivity (Wildman–Crippen MR) is 189 cm³/mol. The normalized spacial score (nSPS) is 10.8. The molecule has 0 aliphatic heterocycles. The number of alkyl carbamates (subject to hydrolysis) is 1. The van der Waals surface area contributed by atoms with E-state index in [4.69, 9.17) is 14.2 Å². The van der Waals surface area contributed by atoms with Crippen molar-refractivity contribution >= 4 is 58.6 Å². The Balaban J connectivity index is 0.000000274. The maximum atomic E-state index is 12.3. The van der Waals surface area contributed by atoms with Crippen molar-refractivity contribution in [2.75, 3.05) is 16.0 Å². The number of esters is 1. The van der Waals surface area contributed by atoms with Gasteiger partial charge in [0, 0.05) is 41.5 Å². The third-order valence-corrected chi connectivity index (χ3v) is 6.31. The van der Waals surface area contributed by atoms with E-state index in [-0.39, 0.29) is 17.5 Å². The molecule has 4 aromatic rings. The Kier molecular flexibility index (Phi) is 13.5. The zero-order chi connectivity index (χ0) is 36.9. The van der Waals surface area contributed by atoms with Crippen LogP contribution in [-0.4, -0.2) is 50.8 Å². The van der Waals surface area contributed by atoms with Crippen LogP contribution in [0.2, 0.25) is 0 Å². The molecular formula is C35H40N6O8S. The summed E-state index contributed by atoms with van der Waals surface area (Å²) in [5, 5.41) is 16.0. The third kappa shape index (κ3) is 14.5. The summed E-state index contributed by atoms with van der Waals surface area (Å²) >= 11 is 1.12. The zero-order valence-electron chi connectivity index (χ0n) is 28.8. The van der Waals surface area contributed by atoms with Gasteiger partial charge in [0.2, 0.25) is 0 Å². The monoisotopic (exact) mass is 704 g/mol. The molecule has 0 bridgehead atoms. The quantitative estimate of drug-likeness (QED) is 0.110. The number of nitrogens with one attached hydrogen (secondary N) is 4. The van der Waals surface area contributed by atoms with E-state index in [1.54, 1.807) is 86.8 Å². The van der Waals surface area contributed by atoms with Crippen LogP contribution < -0.4 is 26.0 Å². The summed E-state index contributed by atoms with van der Waals surface area (Å²) in [6.45, 7) is 12.4. The molecule has 0 spiro atoms. The SMILES string of the molecule is CC(=O)Oc1ccc(C(=O)Nc2ccc(NC(=O)OC(C)(C)C)cc2)cc1.CC(C)(C)OC(=O)NCc1ccc(NC(=O)c2csnn2)cc1. The molecule has 0 fully saturated rings. The minimum atomic E-state index is -0.580. The summed E-state index contributed by atoms with van der Waals surface area (Å²) in [4.78, 5) is 58.3. The lowest BCUT2D eigenvalue weighted by Gasteiger charge is -2.19. The molecule has 4 N–H and O–H groups in total. The summed E-state index contributed by atoms with van der Waals surface area (Å²) in [7, 11) is 0. The van der Waals surface area contributed by atoms with Gasteiger partial charge in [-0.05, 0) is 119 Å². The van der Waals surface area contributed by atoms with E-state index in [0.717, 1.165) is 17.1 Å². The van der Waals surface area contributed by atoms with Gasteiger partial charge in [-0.15, -0.1) is 5.10 Å². The fourth-order valence-corrected chi connectivity index (χ4v) is 4.19. The highest BCUT2D eigenvalue weighted by atomic mass is 32.1. The van der Waals surface area contributed by atoms with Gasteiger partial charge in [0.05, 0.1) is 0 Å². The van der Waals surface area contributed by atoms with Crippen LogP contribution in [0.4, 0.5) is 26.7 Å². The number of rotatable bonds is 8. The van der Waals surface area contributed by atoms with Gasteiger partial charge in [0.25, 0.3) is 11.8 Å². The second-order valence-electron chi connectivity index (χ2n) is 12.6. The maximum Gasteiger partial charge on any atom is 0.412 e. The van der Waals surface area contributed by atoms with Crippen LogP contribution in [0.5, 0.6) is 5.75 Å². The molecule has 0 unspecified atom stereocenters. The number of carbonyl (C=O) groups is 5. The van der Waals surface area contributed by atoms with Crippen molar-refractivity contribution in [1.29, 1.82) is 0 Å². The first kappa shape index (κ1) is 38.6. The number of amides is 4. The first-order valence-corrected chi connectivity index (χ1v) is 16.1. The Hall–Kier alpha value is -5.83. The van der Waals surface area contributed by atoms with Crippen LogP contribution in [0.3, 0.4) is 0 Å². The summed E-state index contributed by atoms with van der Waals surface area (Å²) < 4.78 is 18.9. The van der Waals surface area contributed by atoms with Crippen LogP contribution in [0.25, 0.3) is 0 Å². The number of anilines is 3. The van der Waals surface area contributed by atoms with Crippen molar-refractivity contribution in [3.05, 3.63) is 95.0 Å². The summed E-state index contributed by atoms with van der Waals surface area (Å²) in [5.74, 6) is -0.667. The Morgan fingerprint density at radius 2 is 1.16 bits per heavy atom. The third-order valence-electron chi connectivity index (χ3n) is 5.81. The molecule has 0 radical (unpaired) electrons. The van der Waals surface area contributed by atoms with Crippen molar-refractivity contribution in [2.45, 2.75) is 66.2 Å². The molecule has 0 aliphatic rings. The van der Waals surface area contributed by atoms with E-state index in [1.807, 2.05) is 32.9 Å². The minimum Gasteiger partial charge on any atom is -0.444 e. The van der Waals surface area contributed by atoms with E-state index in [2.05, 4.69) is 30.9 Å². The molecule has 3 aromatic carbocycles. The predicted octanol–water partition coefficient (Wildman–Crippen LogP) is 7.03. The van der Waals surface area contributed by atoms with Gasteiger partial charge in [0.1, 0.15) is 17.0 Å². The van der Waals surface area contributed by atoms with Crippen molar-refractivity contribution in [3.63, 3.8) is 0 Å². The Morgan fingerprint density at radius 3 is 1.66 bits per heavy atom. The maximum absolute atomic E-state index is 12.3. The lowest BCUT2D eigenvalue weighted by molar-refractivity contribution is -0.131. The van der Waals surface area contributed by atoms with Crippen LogP contribution in [0.1, 0.15) is 74.9 Å². The van der Waals surface area contributed by atoms with Gasteiger partial charge in [-0.1, -0.05) is 16.6 Å². The summed E-state index contributed by atoms with van der Waals surface area (Å²) in [6.07, 6.45) is -1.02. The highest BCUT2D eigenvalue weighted by Gasteiger charge is 2.17. The van der Waals surface area contributed by atoms with E-state index in [1.165, 1.54) is 6.92 Å². The minimum absolute atomic E-state index is 0.283. The van der Waals surface area contributed by atoms with Gasteiger partial charge >= 0.3 is 18.2 Å². The van der Waals surface area contributed by atoms with Gasteiger partial charge in [-0.2, -0.15) is 0 Å². The molecule has 1 heterocycles. The first-order valence-electron chi connectivity index (χ1n) is 15.3. The highest BCUT2D eigenvalue weighted by molar-refractivity contribution is 7.03. The van der Waals surface area contributed by atoms with E-state index in [0.29, 0.717) is 34.9 Å². The Morgan fingerprint density at radius 1 is 0.660 bits per heavy atom. The number of benzene rings is 3. The number of ether oxygens (including phenoxy) is 3. The average Bonchev–Trinajstić information content (AvgIpc) is 3.56. The second kappa shape index (κ2) is 17.5. The number of nitrogens with zero attached hydrogens (tertiary/aromatic N) is 2. The van der Waals surface area contributed by atoms with Crippen molar-refractivity contribution in [3.8, 4) is 5.75 Å². The number of hydrogen-bond donors (Lipinski definition) is 4. The first-order chi connectivity index (χ1) is 23.5. The van der Waals surface area contributed by atoms with Crippen LogP contribution in [0, 0.1) is 0 Å². The number of carbonyl (C=O) groups excluding carboxylic acids is 5. The fourth-order valence-electron chi connectivity index (χ4n) is 3.75. The summed E-state index contributed by atoms with van der Waals surface area (Å²) in [6, 6.07) is 20.0. The smallest absolute Gasteiger partial charge is 0.412 e. The van der Waals surface area contributed by atoms with Gasteiger partial charge < -0.3 is 30.2 Å². The van der Waals surface area contributed by atoms with Crippen LogP contribution in [0.15, 0.2) is 78.2 Å². The molecule has 4 rings (SSSR count). The van der Waals surface area contributed by atoms with Gasteiger partial charge in [-0.25, -0.2) is 9.59 Å². The van der Waals surface area contributed by atoms with E-state index in [9.17, 15) is 24.0 Å². The molecule has 1 aromatic heterocycles. The topological polar surface area (TPSA) is 187 Å². The standard InChI is InChI=1S/C20H22N2O5.C15H18N4O3S/c1-13(23)26-17-11-5-14(6-12-17)18(24)21-15-7-9-16(10-8-15)22-19(25)27-20(2,3)4;1-15(2,3)22-14(21)16-8-10-4-6-11(7-5-10)17-13(20)12-9-23-19-18-12/h5-12H,1-4H3,(H,21,24)(H,22,25);4-7,9H,8H2,1-3H3,(H,16,21)(H,17,20). The van der Waals surface area contributed by atoms with Gasteiger partial charge in [0.15, 0.2) is 5.69 Å². The fraction of sp³-hybridized carbons (Fsp3) is 0.286. The highest BCUT2D eigenvalue weighted by Crippen LogP contribution is 2.18. The lowest BCUT2D eigenvalue weighted by atomic mass is 10.2. The molecule has 0 saturated carbocycles. The van der Waals surface area contributed by atoms with Crippen molar-refractivity contribution in [2.24, 2.45) is 0 Å². The zero-order valence-corrected chi connectivity index (χ0v) is 29.6. The molecule has 50 heavy (non-hydrogen) atoms. The molecule has 4 amide bonds. The molecule has 15 heteroatoms. The molecule has 0 aliphatic carbocycles. The Bertz CT molecular complexity index is 1750. The summed E-state index contributed by atoms with van der Waals surface area (Å²) in [5.41, 5.74) is 2.25. The largest absolute Gasteiger partial charge is 0.444 e. The number of hydrogen-bond acceptors (Lipinski definition) is 11. The second-order valence-corrected chi connectivity index (χ2v) is 13.2. The van der Waals surface area contributed by atoms with E-state index < -0.39 is 29.4 Å². The molecular weight excluding hydrogens is 664 g/mol. The van der Waals surface area contributed by atoms with Crippen molar-refractivity contribution < 1.29 is 38.2 Å². The van der Waals surface area contributed by atoms with E-state index >= 15 is 0 Å². The Labute approximate surface area is 294 Å². The molecule has 264 valence electrons. The molecule has 0 saturated heterocycles. The lowest BCUT2D eigenvalue weighted by Crippen LogP contribution is -2.32. The van der Waals surface area contributed by atoms with Gasteiger partial charge in [-0.3, -0.25) is 19.7 Å². The molecule has 14 nitrogen and oxygen atoms in total. The van der Waals surface area contributed by atoms with Crippen molar-refractivity contribution in [1.82, 2.24) is 14.9 Å². The van der Waals surface area contributed by atoms with Crippen LogP contribution >= 0.6 is 11.5 Å². The van der Waals surface area contributed by atoms with Crippen LogP contribution in [-0.2, 0) is 20.8 Å². The average molecular weight is 705 g/mol. The number of aromatic nitrogens is 2. The molecule has 0 atom stereocenters.